The highest BCUT2D eigenvalue weighted by molar-refractivity contribution is 6.36. The van der Waals surface area contributed by atoms with E-state index in [4.69, 9.17) is 27.9 Å². The van der Waals surface area contributed by atoms with Crippen LogP contribution in [0.25, 0.3) is 0 Å². The Morgan fingerprint density at radius 2 is 1.88 bits per heavy atom. The first kappa shape index (κ1) is 19.6. The summed E-state index contributed by atoms with van der Waals surface area (Å²) in [6.07, 6.45) is 1.76. The molecule has 0 bridgehead atoms. The number of methoxy groups -OCH3 is 1. The number of carbonyl (C=O) groups is 1. The summed E-state index contributed by atoms with van der Waals surface area (Å²) in [6, 6.07) is 14.7. The quantitative estimate of drug-likeness (QED) is 0.618. The van der Waals surface area contributed by atoms with Crippen LogP contribution in [0.4, 0.5) is 10.5 Å². The van der Waals surface area contributed by atoms with Crippen LogP contribution in [0, 0.1) is 0 Å². The predicted molar refractivity (Wildman–Crippen MR) is 103 cm³/mol. The maximum Gasteiger partial charge on any atom is 0.322 e. The Morgan fingerprint density at radius 1 is 1.12 bits per heavy atom. The Labute approximate surface area is 158 Å². The van der Waals surface area contributed by atoms with Gasteiger partial charge in [-0.25, -0.2) is 4.79 Å². The average Bonchev–Trinajstić information content (AvgIpc) is 2.61. The van der Waals surface area contributed by atoms with Gasteiger partial charge in [0.05, 0.1) is 10.7 Å². The highest BCUT2D eigenvalue weighted by Crippen LogP contribution is 2.25. The van der Waals surface area contributed by atoms with Gasteiger partial charge in [0, 0.05) is 31.8 Å². The van der Waals surface area contributed by atoms with Crippen molar-refractivity contribution in [1.82, 2.24) is 4.90 Å². The summed E-state index contributed by atoms with van der Waals surface area (Å²) in [4.78, 5) is 14.5. The maximum atomic E-state index is 12.7. The fraction of sp³-hybridized carbons (Fsp3) is 0.316. The third-order valence-electron chi connectivity index (χ3n) is 3.70. The van der Waals surface area contributed by atoms with Gasteiger partial charge in [-0.15, -0.1) is 0 Å². The molecule has 0 unspecified atom stereocenters. The van der Waals surface area contributed by atoms with E-state index < -0.39 is 0 Å². The molecule has 25 heavy (non-hydrogen) atoms. The molecule has 2 aromatic rings. The second-order valence-electron chi connectivity index (χ2n) is 5.66. The fourth-order valence-electron chi connectivity index (χ4n) is 2.39. The standard InChI is InChI=1S/C19H22Cl2N2O2/c1-25-12-6-5-11-23(14-15-7-3-2-4-8-15)19(24)22-18-10-9-16(20)13-17(18)21/h2-4,7-10,13H,5-6,11-12,14H2,1H3,(H,22,24). The molecular formula is C19H22Cl2N2O2. The summed E-state index contributed by atoms with van der Waals surface area (Å²) in [5.74, 6) is 0. The number of anilines is 1. The smallest absolute Gasteiger partial charge is 0.322 e. The third-order valence-corrected chi connectivity index (χ3v) is 4.25. The first-order valence-electron chi connectivity index (χ1n) is 8.14. The lowest BCUT2D eigenvalue weighted by Gasteiger charge is -2.23. The Morgan fingerprint density at radius 3 is 2.56 bits per heavy atom. The fourth-order valence-corrected chi connectivity index (χ4v) is 2.85. The van der Waals surface area contributed by atoms with E-state index in [9.17, 15) is 4.79 Å². The second kappa shape index (κ2) is 10.3. The molecule has 1 N–H and O–H groups in total. The van der Waals surface area contributed by atoms with Crippen molar-refractivity contribution in [2.75, 3.05) is 25.6 Å². The normalized spacial score (nSPS) is 10.5. The van der Waals surface area contributed by atoms with Gasteiger partial charge in [-0.3, -0.25) is 0 Å². The highest BCUT2D eigenvalue weighted by atomic mass is 35.5. The zero-order chi connectivity index (χ0) is 18.1. The van der Waals surface area contributed by atoms with Crippen molar-refractivity contribution >= 4 is 34.9 Å². The van der Waals surface area contributed by atoms with E-state index in [1.54, 1.807) is 30.2 Å². The number of urea groups is 1. The molecule has 0 fully saturated rings. The van der Waals surface area contributed by atoms with Crippen LogP contribution in [0.3, 0.4) is 0 Å². The maximum absolute atomic E-state index is 12.7. The molecule has 134 valence electrons. The predicted octanol–water partition coefficient (Wildman–Crippen LogP) is 5.45. The van der Waals surface area contributed by atoms with Crippen LogP contribution >= 0.6 is 23.2 Å². The van der Waals surface area contributed by atoms with Crippen molar-refractivity contribution in [3.8, 4) is 0 Å². The van der Waals surface area contributed by atoms with Crippen LogP contribution in [-0.2, 0) is 11.3 Å². The Bertz CT molecular complexity index is 680. The van der Waals surface area contributed by atoms with Crippen LogP contribution in [0.1, 0.15) is 18.4 Å². The number of rotatable bonds is 8. The van der Waals surface area contributed by atoms with E-state index >= 15 is 0 Å². The van der Waals surface area contributed by atoms with Crippen molar-refractivity contribution in [3.05, 3.63) is 64.1 Å². The molecule has 0 saturated heterocycles. The van der Waals surface area contributed by atoms with Crippen LogP contribution in [0.15, 0.2) is 48.5 Å². The number of nitrogens with zero attached hydrogens (tertiary/aromatic N) is 1. The lowest BCUT2D eigenvalue weighted by molar-refractivity contribution is 0.182. The molecule has 0 aliphatic heterocycles. The zero-order valence-corrected chi connectivity index (χ0v) is 15.7. The van der Waals surface area contributed by atoms with Crippen LogP contribution < -0.4 is 5.32 Å². The van der Waals surface area contributed by atoms with Gasteiger partial charge in [-0.2, -0.15) is 0 Å². The second-order valence-corrected chi connectivity index (χ2v) is 6.51. The minimum absolute atomic E-state index is 0.189. The van der Waals surface area contributed by atoms with Crippen molar-refractivity contribution in [2.45, 2.75) is 19.4 Å². The number of hydrogen-bond acceptors (Lipinski definition) is 2. The molecule has 2 aromatic carbocycles. The van der Waals surface area contributed by atoms with Gasteiger partial charge in [-0.05, 0) is 36.6 Å². The molecule has 0 saturated carbocycles. The van der Waals surface area contributed by atoms with Gasteiger partial charge in [0.1, 0.15) is 0 Å². The molecule has 0 spiro atoms. The van der Waals surface area contributed by atoms with Crippen LogP contribution in [0.5, 0.6) is 0 Å². The van der Waals surface area contributed by atoms with Gasteiger partial charge in [0.2, 0.25) is 0 Å². The van der Waals surface area contributed by atoms with E-state index in [1.165, 1.54) is 0 Å². The Kier molecular flexibility index (Phi) is 8.06. The molecule has 2 amide bonds. The number of benzene rings is 2. The molecule has 0 aromatic heterocycles. The Hall–Kier alpha value is -1.75. The third kappa shape index (κ3) is 6.58. The SMILES string of the molecule is COCCCCN(Cc1ccccc1)C(=O)Nc1ccc(Cl)cc1Cl. The first-order chi connectivity index (χ1) is 12.1. The number of carbonyl (C=O) groups excluding carboxylic acids is 1. The van der Waals surface area contributed by atoms with Crippen molar-refractivity contribution in [3.63, 3.8) is 0 Å². The van der Waals surface area contributed by atoms with Crippen LogP contribution in [0.2, 0.25) is 10.0 Å². The van der Waals surface area contributed by atoms with Gasteiger partial charge >= 0.3 is 6.03 Å². The van der Waals surface area contributed by atoms with E-state index in [0.717, 1.165) is 18.4 Å². The van der Waals surface area contributed by atoms with E-state index in [-0.39, 0.29) is 6.03 Å². The van der Waals surface area contributed by atoms with E-state index in [2.05, 4.69) is 5.32 Å². The zero-order valence-electron chi connectivity index (χ0n) is 14.2. The monoisotopic (exact) mass is 380 g/mol. The molecule has 0 atom stereocenters. The van der Waals surface area contributed by atoms with Gasteiger partial charge in [-0.1, -0.05) is 53.5 Å². The van der Waals surface area contributed by atoms with Crippen LogP contribution in [-0.4, -0.2) is 31.2 Å². The van der Waals surface area contributed by atoms with Crippen molar-refractivity contribution < 1.29 is 9.53 Å². The largest absolute Gasteiger partial charge is 0.385 e. The molecule has 0 radical (unpaired) electrons. The summed E-state index contributed by atoms with van der Waals surface area (Å²) >= 11 is 12.1. The van der Waals surface area contributed by atoms with Gasteiger partial charge in [0.25, 0.3) is 0 Å². The first-order valence-corrected chi connectivity index (χ1v) is 8.89. The summed E-state index contributed by atoms with van der Waals surface area (Å²) < 4.78 is 5.08. The molecule has 6 heteroatoms. The lowest BCUT2D eigenvalue weighted by Crippen LogP contribution is -2.35. The number of hydrogen-bond donors (Lipinski definition) is 1. The minimum Gasteiger partial charge on any atom is -0.385 e. The molecule has 0 heterocycles. The summed E-state index contributed by atoms with van der Waals surface area (Å²) in [6.45, 7) is 1.85. The number of amides is 2. The minimum atomic E-state index is -0.189. The van der Waals surface area contributed by atoms with E-state index in [0.29, 0.717) is 35.4 Å². The number of nitrogens with one attached hydrogen (secondary N) is 1. The summed E-state index contributed by atoms with van der Waals surface area (Å²) in [7, 11) is 1.68. The highest BCUT2D eigenvalue weighted by Gasteiger charge is 2.15. The molecular weight excluding hydrogens is 359 g/mol. The number of ether oxygens (including phenoxy) is 1. The number of halogens is 2. The van der Waals surface area contributed by atoms with Crippen molar-refractivity contribution in [2.24, 2.45) is 0 Å². The molecule has 0 aliphatic carbocycles. The topological polar surface area (TPSA) is 41.6 Å². The average molecular weight is 381 g/mol. The number of unbranched alkanes of at least 4 members (excludes halogenated alkanes) is 1. The molecule has 4 nitrogen and oxygen atoms in total. The van der Waals surface area contributed by atoms with Gasteiger partial charge in [0.15, 0.2) is 0 Å². The lowest BCUT2D eigenvalue weighted by atomic mass is 10.2. The van der Waals surface area contributed by atoms with E-state index in [1.807, 2.05) is 30.3 Å². The molecule has 0 aliphatic rings. The van der Waals surface area contributed by atoms with Crippen molar-refractivity contribution in [1.29, 1.82) is 0 Å². The summed E-state index contributed by atoms with van der Waals surface area (Å²) in [5, 5.41) is 3.81. The van der Waals surface area contributed by atoms with Gasteiger partial charge < -0.3 is 15.0 Å². The molecule has 2 rings (SSSR count). The Balaban J connectivity index is 2.05. The summed E-state index contributed by atoms with van der Waals surface area (Å²) in [5.41, 5.74) is 1.62.